The van der Waals surface area contributed by atoms with Crippen molar-refractivity contribution in [2.45, 2.75) is 6.92 Å². The number of hydrogen-bond donors (Lipinski definition) is 2. The Hall–Kier alpha value is -1.42. The van der Waals surface area contributed by atoms with Crippen molar-refractivity contribution in [2.24, 2.45) is 0 Å². The quantitative estimate of drug-likeness (QED) is 0.514. The predicted octanol–water partition coefficient (Wildman–Crippen LogP) is 0.830. The Morgan fingerprint density at radius 3 is 2.67 bits per heavy atom. The third kappa shape index (κ3) is 2.03. The molecule has 64 valence electrons. The molecule has 0 aliphatic rings. The molecule has 12 heavy (non-hydrogen) atoms. The summed E-state index contributed by atoms with van der Waals surface area (Å²) in [4.78, 5) is 14.8. The minimum atomic E-state index is 0.0264. The van der Waals surface area contributed by atoms with Gasteiger partial charge in [0.15, 0.2) is 5.78 Å². The fourth-order valence-corrected chi connectivity index (χ4v) is 0.804. The monoisotopic (exact) mass is 165 g/mol. The minimum absolute atomic E-state index is 0.0264. The maximum Gasteiger partial charge on any atom is 0.161 e. The third-order valence-electron chi connectivity index (χ3n) is 1.42. The summed E-state index contributed by atoms with van der Waals surface area (Å²) in [6.07, 6.45) is 1.54. The number of aromatic nitrogens is 1. The second-order valence-electron chi connectivity index (χ2n) is 2.36. The largest absolute Gasteiger partial charge is 0.306 e. The van der Waals surface area contributed by atoms with Crippen LogP contribution in [0.3, 0.4) is 0 Å². The van der Waals surface area contributed by atoms with Gasteiger partial charge < -0.3 is 5.43 Å². The average molecular weight is 165 g/mol. The van der Waals surface area contributed by atoms with Crippen molar-refractivity contribution in [3.8, 4) is 0 Å². The molecule has 0 aromatic carbocycles. The zero-order chi connectivity index (χ0) is 8.97. The molecule has 1 heterocycles. The molecule has 1 rings (SSSR count). The first-order chi connectivity index (χ1) is 5.74. The van der Waals surface area contributed by atoms with E-state index in [2.05, 4.69) is 15.8 Å². The van der Waals surface area contributed by atoms with Gasteiger partial charge in [0, 0.05) is 18.8 Å². The lowest BCUT2D eigenvalue weighted by Crippen LogP contribution is -2.15. The Kier molecular flexibility index (Phi) is 2.76. The van der Waals surface area contributed by atoms with E-state index >= 15 is 0 Å². The van der Waals surface area contributed by atoms with E-state index in [0.717, 1.165) is 0 Å². The Morgan fingerprint density at radius 2 is 2.25 bits per heavy atom. The standard InChI is InChI=1S/C8H11N3O/c1-6(12)7-3-4-8(10-5-7)11-9-2/h3-5,9H,1-2H3,(H,10,11). The molecule has 1 aromatic rings. The van der Waals surface area contributed by atoms with Crippen LogP contribution >= 0.6 is 0 Å². The lowest BCUT2D eigenvalue weighted by molar-refractivity contribution is 0.101. The number of rotatable bonds is 3. The third-order valence-corrected chi connectivity index (χ3v) is 1.42. The van der Waals surface area contributed by atoms with Crippen molar-refractivity contribution in [3.05, 3.63) is 23.9 Å². The van der Waals surface area contributed by atoms with Crippen molar-refractivity contribution in [1.29, 1.82) is 0 Å². The van der Waals surface area contributed by atoms with E-state index in [-0.39, 0.29) is 5.78 Å². The van der Waals surface area contributed by atoms with E-state index in [9.17, 15) is 4.79 Å². The van der Waals surface area contributed by atoms with E-state index in [0.29, 0.717) is 11.4 Å². The van der Waals surface area contributed by atoms with Crippen LogP contribution in [0.5, 0.6) is 0 Å². The van der Waals surface area contributed by atoms with Gasteiger partial charge in [0.2, 0.25) is 0 Å². The predicted molar refractivity (Wildman–Crippen MR) is 46.9 cm³/mol. The smallest absolute Gasteiger partial charge is 0.161 e. The van der Waals surface area contributed by atoms with Gasteiger partial charge in [-0.2, -0.15) is 0 Å². The van der Waals surface area contributed by atoms with Gasteiger partial charge in [-0.1, -0.05) is 0 Å². The molecule has 2 N–H and O–H groups in total. The fraction of sp³-hybridized carbons (Fsp3) is 0.250. The van der Waals surface area contributed by atoms with Crippen LogP contribution in [-0.2, 0) is 0 Å². The highest BCUT2D eigenvalue weighted by molar-refractivity contribution is 5.93. The maximum absolute atomic E-state index is 10.8. The molecule has 0 aliphatic heterocycles. The Balaban J connectivity index is 2.78. The lowest BCUT2D eigenvalue weighted by Gasteiger charge is -2.02. The first-order valence-corrected chi connectivity index (χ1v) is 3.64. The van der Waals surface area contributed by atoms with Crippen molar-refractivity contribution in [2.75, 3.05) is 12.5 Å². The molecule has 4 heteroatoms. The van der Waals surface area contributed by atoms with Crippen molar-refractivity contribution in [1.82, 2.24) is 10.4 Å². The SMILES string of the molecule is CNNc1ccc(C(C)=O)cn1. The highest BCUT2D eigenvalue weighted by atomic mass is 16.1. The van der Waals surface area contributed by atoms with Crippen molar-refractivity contribution >= 4 is 11.6 Å². The summed E-state index contributed by atoms with van der Waals surface area (Å²) in [5.74, 6) is 0.723. The van der Waals surface area contributed by atoms with Gasteiger partial charge >= 0.3 is 0 Å². The summed E-state index contributed by atoms with van der Waals surface area (Å²) in [6, 6.07) is 3.47. The van der Waals surface area contributed by atoms with Crippen LogP contribution in [0.4, 0.5) is 5.82 Å². The molecule has 4 nitrogen and oxygen atoms in total. The summed E-state index contributed by atoms with van der Waals surface area (Å²) in [5.41, 5.74) is 6.16. The number of hydrogen-bond acceptors (Lipinski definition) is 4. The van der Waals surface area contributed by atoms with Gasteiger partial charge in [0.1, 0.15) is 5.82 Å². The molecular weight excluding hydrogens is 154 g/mol. The summed E-state index contributed by atoms with van der Waals surface area (Å²) in [5, 5.41) is 0. The number of nitrogens with zero attached hydrogens (tertiary/aromatic N) is 1. The Bertz CT molecular complexity index is 268. The molecule has 0 radical (unpaired) electrons. The van der Waals surface area contributed by atoms with Gasteiger partial charge in [-0.15, -0.1) is 0 Å². The van der Waals surface area contributed by atoms with Crippen LogP contribution in [-0.4, -0.2) is 17.8 Å². The van der Waals surface area contributed by atoms with Crippen LogP contribution in [0, 0.1) is 0 Å². The van der Waals surface area contributed by atoms with Gasteiger partial charge in [-0.3, -0.25) is 4.79 Å². The number of pyridine rings is 1. The number of Topliss-reactive ketones (excluding diaryl/α,β-unsaturated/α-hetero) is 1. The van der Waals surface area contributed by atoms with E-state index < -0.39 is 0 Å². The van der Waals surface area contributed by atoms with E-state index in [1.807, 2.05) is 0 Å². The average Bonchev–Trinajstić information content (AvgIpc) is 2.06. The van der Waals surface area contributed by atoms with Crippen LogP contribution in [0.2, 0.25) is 0 Å². The van der Waals surface area contributed by atoms with E-state index in [4.69, 9.17) is 0 Å². The Labute approximate surface area is 71.0 Å². The second-order valence-corrected chi connectivity index (χ2v) is 2.36. The molecule has 0 bridgehead atoms. The molecule has 0 amide bonds. The number of nitrogens with one attached hydrogen (secondary N) is 2. The molecule has 0 saturated heterocycles. The lowest BCUT2D eigenvalue weighted by atomic mass is 10.2. The van der Waals surface area contributed by atoms with E-state index in [1.54, 1.807) is 25.4 Å². The zero-order valence-electron chi connectivity index (χ0n) is 7.09. The van der Waals surface area contributed by atoms with Gasteiger partial charge in [0.25, 0.3) is 0 Å². The molecule has 0 aliphatic carbocycles. The number of anilines is 1. The zero-order valence-corrected chi connectivity index (χ0v) is 7.09. The summed E-state index contributed by atoms with van der Waals surface area (Å²) >= 11 is 0. The molecular formula is C8H11N3O. The topological polar surface area (TPSA) is 54.0 Å². The highest BCUT2D eigenvalue weighted by Gasteiger charge is 1.98. The van der Waals surface area contributed by atoms with Crippen LogP contribution < -0.4 is 10.9 Å². The second kappa shape index (κ2) is 3.82. The number of carbonyl (C=O) groups is 1. The van der Waals surface area contributed by atoms with Crippen LogP contribution in [0.15, 0.2) is 18.3 Å². The number of hydrazine groups is 1. The molecule has 1 aromatic heterocycles. The highest BCUT2D eigenvalue weighted by Crippen LogP contribution is 2.03. The number of ketones is 1. The summed E-state index contributed by atoms with van der Waals surface area (Å²) in [7, 11) is 1.75. The first-order valence-electron chi connectivity index (χ1n) is 3.64. The molecule has 0 atom stereocenters. The minimum Gasteiger partial charge on any atom is -0.306 e. The molecule has 0 saturated carbocycles. The Morgan fingerprint density at radius 1 is 1.50 bits per heavy atom. The normalized spacial score (nSPS) is 9.50. The van der Waals surface area contributed by atoms with Gasteiger partial charge in [-0.25, -0.2) is 10.4 Å². The fourth-order valence-electron chi connectivity index (χ4n) is 0.804. The molecule has 0 spiro atoms. The van der Waals surface area contributed by atoms with Crippen molar-refractivity contribution in [3.63, 3.8) is 0 Å². The van der Waals surface area contributed by atoms with Crippen LogP contribution in [0.1, 0.15) is 17.3 Å². The summed E-state index contributed by atoms with van der Waals surface area (Å²) in [6.45, 7) is 1.52. The van der Waals surface area contributed by atoms with E-state index in [1.165, 1.54) is 6.92 Å². The van der Waals surface area contributed by atoms with Crippen LogP contribution in [0.25, 0.3) is 0 Å². The molecule has 0 fully saturated rings. The van der Waals surface area contributed by atoms with Crippen molar-refractivity contribution < 1.29 is 4.79 Å². The first kappa shape index (κ1) is 8.67. The summed E-state index contributed by atoms with van der Waals surface area (Å²) < 4.78 is 0. The maximum atomic E-state index is 10.8. The van der Waals surface area contributed by atoms with Gasteiger partial charge in [0.05, 0.1) is 0 Å². The molecule has 0 unspecified atom stereocenters. The number of carbonyl (C=O) groups excluding carboxylic acids is 1. The van der Waals surface area contributed by atoms with Gasteiger partial charge in [-0.05, 0) is 19.1 Å².